The van der Waals surface area contributed by atoms with Crippen molar-refractivity contribution in [3.63, 3.8) is 0 Å². The van der Waals surface area contributed by atoms with Crippen LogP contribution in [-0.2, 0) is 20.7 Å². The minimum absolute atomic E-state index is 0.0262. The first-order valence-corrected chi connectivity index (χ1v) is 11.7. The maximum atomic E-state index is 13.1. The fourth-order valence-corrected chi connectivity index (χ4v) is 3.94. The first-order chi connectivity index (χ1) is 16.1. The Morgan fingerprint density at radius 1 is 0.970 bits per heavy atom. The summed E-state index contributed by atoms with van der Waals surface area (Å²) in [5.41, 5.74) is 3.14. The molecule has 1 heterocycles. The third kappa shape index (κ3) is 7.63. The van der Waals surface area contributed by atoms with Crippen molar-refractivity contribution in [2.24, 2.45) is 0 Å². The van der Waals surface area contributed by atoms with Gasteiger partial charge in [0.05, 0.1) is 18.6 Å². The van der Waals surface area contributed by atoms with Gasteiger partial charge in [-0.3, -0.25) is 14.4 Å². The Kier molecular flexibility index (Phi) is 9.30. The van der Waals surface area contributed by atoms with Crippen LogP contribution in [0.25, 0.3) is 0 Å². The molecule has 0 aromatic heterocycles. The summed E-state index contributed by atoms with van der Waals surface area (Å²) in [6, 6.07) is 15.5. The Balaban J connectivity index is 1.68. The Bertz CT molecular complexity index is 940. The highest BCUT2D eigenvalue weighted by Crippen LogP contribution is 2.27. The van der Waals surface area contributed by atoms with Crippen LogP contribution in [0.1, 0.15) is 54.9 Å². The SMILES string of the molecule is CCOC(=O)CCC(=O)Nc1ccc(N2CCCCC2)c(C(=O)NCCc2ccccc2)c1. The van der Waals surface area contributed by atoms with Gasteiger partial charge in [-0.05, 0) is 56.4 Å². The van der Waals surface area contributed by atoms with E-state index in [2.05, 4.69) is 15.5 Å². The lowest BCUT2D eigenvalue weighted by atomic mass is 10.1. The zero-order valence-corrected chi connectivity index (χ0v) is 19.3. The van der Waals surface area contributed by atoms with Crippen LogP contribution in [0.2, 0.25) is 0 Å². The van der Waals surface area contributed by atoms with Gasteiger partial charge < -0.3 is 20.3 Å². The summed E-state index contributed by atoms with van der Waals surface area (Å²) in [6.45, 7) is 4.37. The van der Waals surface area contributed by atoms with Crippen molar-refractivity contribution in [3.8, 4) is 0 Å². The molecular weight excluding hydrogens is 418 g/mol. The molecule has 2 N–H and O–H groups in total. The molecule has 1 fully saturated rings. The van der Waals surface area contributed by atoms with Gasteiger partial charge in [0.15, 0.2) is 0 Å². The normalized spacial score (nSPS) is 13.3. The second kappa shape index (κ2) is 12.6. The predicted molar refractivity (Wildman–Crippen MR) is 129 cm³/mol. The first kappa shape index (κ1) is 24.3. The molecule has 2 aromatic carbocycles. The van der Waals surface area contributed by atoms with Crippen molar-refractivity contribution in [2.45, 2.75) is 45.4 Å². The molecule has 0 saturated carbocycles. The summed E-state index contributed by atoms with van der Waals surface area (Å²) in [7, 11) is 0. The molecule has 0 bridgehead atoms. The topological polar surface area (TPSA) is 87.7 Å². The smallest absolute Gasteiger partial charge is 0.306 e. The Hall–Kier alpha value is -3.35. The van der Waals surface area contributed by atoms with E-state index in [1.54, 1.807) is 13.0 Å². The zero-order valence-electron chi connectivity index (χ0n) is 19.3. The number of hydrogen-bond acceptors (Lipinski definition) is 5. The number of piperidine rings is 1. The van der Waals surface area contributed by atoms with Crippen molar-refractivity contribution in [1.29, 1.82) is 0 Å². The van der Waals surface area contributed by atoms with E-state index < -0.39 is 5.97 Å². The van der Waals surface area contributed by atoms with Crippen LogP contribution in [0.5, 0.6) is 0 Å². The molecule has 1 aliphatic heterocycles. The van der Waals surface area contributed by atoms with Gasteiger partial charge in [0.1, 0.15) is 0 Å². The van der Waals surface area contributed by atoms with Crippen molar-refractivity contribution in [2.75, 3.05) is 36.5 Å². The van der Waals surface area contributed by atoms with Crippen molar-refractivity contribution in [1.82, 2.24) is 5.32 Å². The highest BCUT2D eigenvalue weighted by molar-refractivity contribution is 6.02. The maximum Gasteiger partial charge on any atom is 0.306 e. The quantitative estimate of drug-likeness (QED) is 0.535. The van der Waals surface area contributed by atoms with E-state index >= 15 is 0 Å². The van der Waals surface area contributed by atoms with E-state index in [9.17, 15) is 14.4 Å². The number of amides is 2. The lowest BCUT2D eigenvalue weighted by Crippen LogP contribution is -2.33. The fourth-order valence-electron chi connectivity index (χ4n) is 3.94. The molecule has 0 unspecified atom stereocenters. The molecule has 0 spiro atoms. The third-order valence-corrected chi connectivity index (χ3v) is 5.63. The van der Waals surface area contributed by atoms with Crippen LogP contribution in [0.15, 0.2) is 48.5 Å². The highest BCUT2D eigenvalue weighted by Gasteiger charge is 2.20. The van der Waals surface area contributed by atoms with E-state index in [0.29, 0.717) is 24.4 Å². The fraction of sp³-hybridized carbons (Fsp3) is 0.423. The Labute approximate surface area is 195 Å². The lowest BCUT2D eigenvalue weighted by Gasteiger charge is -2.30. The monoisotopic (exact) mass is 451 g/mol. The molecule has 3 rings (SSSR count). The minimum Gasteiger partial charge on any atom is -0.466 e. The van der Waals surface area contributed by atoms with Crippen molar-refractivity contribution in [3.05, 3.63) is 59.7 Å². The van der Waals surface area contributed by atoms with E-state index in [-0.39, 0.29) is 24.7 Å². The number of nitrogens with one attached hydrogen (secondary N) is 2. The molecule has 0 aliphatic carbocycles. The molecule has 7 nitrogen and oxygen atoms in total. The molecule has 1 aliphatic rings. The molecule has 1 saturated heterocycles. The number of carbonyl (C=O) groups excluding carboxylic acids is 3. The van der Waals surface area contributed by atoms with E-state index in [1.165, 1.54) is 6.42 Å². The van der Waals surface area contributed by atoms with E-state index in [1.807, 2.05) is 42.5 Å². The molecule has 176 valence electrons. The number of nitrogens with zero attached hydrogens (tertiary/aromatic N) is 1. The maximum absolute atomic E-state index is 13.1. The predicted octanol–water partition coefficient (Wildman–Crippen LogP) is 3.93. The number of carbonyl (C=O) groups is 3. The number of esters is 1. The Morgan fingerprint density at radius 3 is 2.45 bits per heavy atom. The molecular formula is C26H33N3O4. The van der Waals surface area contributed by atoms with E-state index in [4.69, 9.17) is 4.74 Å². The standard InChI is InChI=1S/C26H33N3O4/c1-2-33-25(31)14-13-24(30)28-21-11-12-23(29-17-7-4-8-18-29)22(19-21)26(32)27-16-15-20-9-5-3-6-10-20/h3,5-6,9-12,19H,2,4,7-8,13-18H2,1H3,(H,27,32)(H,28,30). The van der Waals surface area contributed by atoms with Gasteiger partial charge in [-0.25, -0.2) is 0 Å². The third-order valence-electron chi connectivity index (χ3n) is 5.63. The average molecular weight is 452 g/mol. The summed E-state index contributed by atoms with van der Waals surface area (Å²) in [4.78, 5) is 39.1. The van der Waals surface area contributed by atoms with Crippen molar-refractivity contribution < 1.29 is 19.1 Å². The molecule has 2 aromatic rings. The van der Waals surface area contributed by atoms with Crippen LogP contribution in [-0.4, -0.2) is 44.0 Å². The van der Waals surface area contributed by atoms with E-state index in [0.717, 1.165) is 43.6 Å². The van der Waals surface area contributed by atoms with Crippen LogP contribution in [0.4, 0.5) is 11.4 Å². The number of ether oxygens (including phenoxy) is 1. The molecule has 33 heavy (non-hydrogen) atoms. The molecule has 0 radical (unpaired) electrons. The van der Waals surface area contributed by atoms with Crippen LogP contribution < -0.4 is 15.5 Å². The van der Waals surface area contributed by atoms with Crippen LogP contribution in [0.3, 0.4) is 0 Å². The van der Waals surface area contributed by atoms with Crippen molar-refractivity contribution >= 4 is 29.2 Å². The van der Waals surface area contributed by atoms with Gasteiger partial charge in [0, 0.05) is 37.4 Å². The van der Waals surface area contributed by atoms with Gasteiger partial charge in [0.25, 0.3) is 5.91 Å². The second-order valence-electron chi connectivity index (χ2n) is 8.12. The number of benzene rings is 2. The van der Waals surface area contributed by atoms with Gasteiger partial charge in [-0.15, -0.1) is 0 Å². The lowest BCUT2D eigenvalue weighted by molar-refractivity contribution is -0.144. The van der Waals surface area contributed by atoms with Gasteiger partial charge >= 0.3 is 5.97 Å². The molecule has 2 amide bonds. The Morgan fingerprint density at radius 2 is 1.73 bits per heavy atom. The van der Waals surface area contributed by atoms with Gasteiger partial charge in [-0.2, -0.15) is 0 Å². The summed E-state index contributed by atoms with van der Waals surface area (Å²) in [5.74, 6) is -0.843. The average Bonchev–Trinajstić information content (AvgIpc) is 2.84. The number of rotatable bonds is 10. The van der Waals surface area contributed by atoms with Gasteiger partial charge in [-0.1, -0.05) is 30.3 Å². The summed E-state index contributed by atoms with van der Waals surface area (Å²) in [6.07, 6.45) is 4.20. The first-order valence-electron chi connectivity index (χ1n) is 11.7. The summed E-state index contributed by atoms with van der Waals surface area (Å²) >= 11 is 0. The minimum atomic E-state index is -0.397. The van der Waals surface area contributed by atoms with Crippen LogP contribution in [0, 0.1) is 0 Å². The summed E-state index contributed by atoms with van der Waals surface area (Å²) < 4.78 is 4.87. The molecule has 7 heteroatoms. The number of anilines is 2. The number of hydrogen-bond donors (Lipinski definition) is 2. The molecule has 0 atom stereocenters. The highest BCUT2D eigenvalue weighted by atomic mass is 16.5. The van der Waals surface area contributed by atoms with Crippen LogP contribution >= 0.6 is 0 Å². The van der Waals surface area contributed by atoms with Gasteiger partial charge in [0.2, 0.25) is 5.91 Å². The second-order valence-corrected chi connectivity index (χ2v) is 8.12. The zero-order chi connectivity index (χ0) is 23.5. The largest absolute Gasteiger partial charge is 0.466 e. The summed E-state index contributed by atoms with van der Waals surface area (Å²) in [5, 5.41) is 5.82.